The zero-order valence-corrected chi connectivity index (χ0v) is 9.70. The summed E-state index contributed by atoms with van der Waals surface area (Å²) in [4.78, 5) is 8.36. The molecule has 0 fully saturated rings. The lowest BCUT2D eigenvalue weighted by Gasteiger charge is -2.26. The molecule has 0 radical (unpaired) electrons. The van der Waals surface area contributed by atoms with Crippen LogP contribution in [0.15, 0.2) is 0 Å². The fraction of sp³-hybridized carbons (Fsp3) is 1.00. The normalized spacial score (nSPS) is 17.3. The van der Waals surface area contributed by atoms with Gasteiger partial charge in [0.1, 0.15) is 18.3 Å². The topological polar surface area (TPSA) is 194 Å². The van der Waals surface area contributed by atoms with Crippen LogP contribution < -0.4 is 5.84 Å². The Labute approximate surface area is 102 Å². The van der Waals surface area contributed by atoms with Crippen LogP contribution in [0.4, 0.5) is 0 Å². The molecule has 110 valence electrons. The van der Waals surface area contributed by atoms with Crippen molar-refractivity contribution in [1.82, 2.24) is 5.01 Å². The highest BCUT2D eigenvalue weighted by Gasteiger charge is 2.30. The maximum atomic E-state index is 9.28. The first kappa shape index (κ1) is 19.3. The molecule has 0 amide bonds. The van der Waals surface area contributed by atoms with Crippen molar-refractivity contribution < 1.29 is 35.8 Å². The summed E-state index contributed by atoms with van der Waals surface area (Å²) in [6.45, 7) is -0.750. The highest BCUT2D eigenvalue weighted by Crippen LogP contribution is 2.05. The predicted octanol–water partition coefficient (Wildman–Crippen LogP) is -4.12. The highest BCUT2D eigenvalue weighted by molar-refractivity contribution is 4.81. The van der Waals surface area contributed by atoms with Gasteiger partial charge in [-0.2, -0.15) is 0 Å². The smallest absolute Gasteiger partial charge is 0.291 e. The number of rotatable bonds is 6. The van der Waals surface area contributed by atoms with Crippen LogP contribution in [0, 0.1) is 10.1 Å². The molecule has 0 saturated heterocycles. The molecule has 0 unspecified atom stereocenters. The first-order valence-corrected chi connectivity index (χ1v) is 4.75. The van der Waals surface area contributed by atoms with Gasteiger partial charge in [0.05, 0.1) is 12.7 Å². The van der Waals surface area contributed by atoms with Gasteiger partial charge < -0.3 is 30.7 Å². The first-order chi connectivity index (χ1) is 8.13. The first-order valence-electron chi connectivity index (χ1n) is 4.75. The number of aliphatic hydroxyl groups is 5. The van der Waals surface area contributed by atoms with E-state index in [2.05, 4.69) is 0 Å². The minimum Gasteiger partial charge on any atom is -0.394 e. The molecule has 0 aliphatic rings. The summed E-state index contributed by atoms with van der Waals surface area (Å²) in [6, 6.07) is 0. The largest absolute Gasteiger partial charge is 0.394 e. The molecule has 0 saturated carbocycles. The van der Waals surface area contributed by atoms with Gasteiger partial charge in [0.15, 0.2) is 0 Å². The monoisotopic (exact) mass is 273 g/mol. The van der Waals surface area contributed by atoms with Crippen LogP contribution in [-0.2, 0) is 0 Å². The number of hydrogen-bond donors (Lipinski definition) is 7. The number of hydrazine groups is 1. The molecule has 4 atom stereocenters. The van der Waals surface area contributed by atoms with Gasteiger partial charge >= 0.3 is 0 Å². The van der Waals surface area contributed by atoms with Crippen LogP contribution in [0.25, 0.3) is 0 Å². The zero-order chi connectivity index (χ0) is 14.9. The molecule has 0 aliphatic carbocycles. The maximum absolute atomic E-state index is 9.28. The van der Waals surface area contributed by atoms with Gasteiger partial charge in [0, 0.05) is 13.6 Å². The average molecular weight is 273 g/mol. The van der Waals surface area contributed by atoms with Crippen LogP contribution in [0.5, 0.6) is 0 Å². The third-order valence-corrected chi connectivity index (χ3v) is 1.80. The lowest BCUT2D eigenvalue weighted by molar-refractivity contribution is -0.742. The summed E-state index contributed by atoms with van der Waals surface area (Å²) >= 11 is 0. The van der Waals surface area contributed by atoms with E-state index in [1.807, 2.05) is 0 Å². The summed E-state index contributed by atoms with van der Waals surface area (Å²) in [5, 5.41) is 60.0. The van der Waals surface area contributed by atoms with Gasteiger partial charge in [-0.25, -0.2) is 5.01 Å². The summed E-state index contributed by atoms with van der Waals surface area (Å²) < 4.78 is 0. The summed E-state index contributed by atoms with van der Waals surface area (Å²) in [5.41, 5.74) is 0. The van der Waals surface area contributed by atoms with E-state index in [1.165, 1.54) is 7.05 Å². The van der Waals surface area contributed by atoms with Crippen molar-refractivity contribution in [3.8, 4) is 0 Å². The summed E-state index contributed by atoms with van der Waals surface area (Å²) in [5.74, 6) is 5.21. The quantitative estimate of drug-likeness (QED) is 0.142. The lowest BCUT2D eigenvalue weighted by Crippen LogP contribution is -2.50. The molecule has 11 nitrogen and oxygen atoms in total. The third kappa shape index (κ3) is 10.1. The van der Waals surface area contributed by atoms with Crippen molar-refractivity contribution in [3.63, 3.8) is 0 Å². The van der Waals surface area contributed by atoms with Gasteiger partial charge in [-0.05, 0) is 0 Å². The van der Waals surface area contributed by atoms with Crippen LogP contribution in [0.3, 0.4) is 0 Å². The fourth-order valence-corrected chi connectivity index (χ4v) is 0.966. The number of nitrogens with two attached hydrogens (primary N) is 1. The van der Waals surface area contributed by atoms with Crippen LogP contribution in [0.2, 0.25) is 0 Å². The van der Waals surface area contributed by atoms with E-state index in [4.69, 9.17) is 31.4 Å². The average Bonchev–Trinajstić information content (AvgIpc) is 2.24. The fourth-order valence-electron chi connectivity index (χ4n) is 0.966. The molecule has 0 aromatic heterocycles. The Bertz CT molecular complexity index is 225. The number of hydrogen-bond acceptors (Lipinski definition) is 9. The molecule has 11 heteroatoms. The molecular weight excluding hydrogens is 254 g/mol. The second kappa shape index (κ2) is 9.90. The van der Waals surface area contributed by atoms with Crippen molar-refractivity contribution in [1.29, 1.82) is 0 Å². The van der Waals surface area contributed by atoms with Gasteiger partial charge in [0.25, 0.3) is 5.09 Å². The predicted molar refractivity (Wildman–Crippen MR) is 56.7 cm³/mol. The van der Waals surface area contributed by atoms with E-state index in [0.29, 0.717) is 0 Å². The second-order valence-corrected chi connectivity index (χ2v) is 3.48. The Hall–Kier alpha value is -1.08. The number of nitrogens with zero attached hydrogens (tertiary/aromatic N) is 2. The molecule has 0 rings (SSSR count). The van der Waals surface area contributed by atoms with E-state index in [9.17, 15) is 15.3 Å². The number of aliphatic hydroxyl groups excluding tert-OH is 5. The Morgan fingerprint density at radius 1 is 1.22 bits per heavy atom. The summed E-state index contributed by atoms with van der Waals surface area (Å²) in [6.07, 6.45) is -5.93. The second-order valence-electron chi connectivity index (χ2n) is 3.48. The van der Waals surface area contributed by atoms with E-state index in [-0.39, 0.29) is 6.54 Å². The van der Waals surface area contributed by atoms with E-state index >= 15 is 0 Å². The molecule has 0 bridgehead atoms. The molecule has 0 spiro atoms. The molecule has 0 aliphatic heterocycles. The highest BCUT2D eigenvalue weighted by atomic mass is 16.9. The molecule has 0 aromatic carbocycles. The van der Waals surface area contributed by atoms with Crippen LogP contribution in [0.1, 0.15) is 0 Å². The van der Waals surface area contributed by atoms with Crippen LogP contribution in [-0.4, -0.2) is 85.5 Å². The van der Waals surface area contributed by atoms with Gasteiger partial charge in [-0.3, -0.25) is 5.84 Å². The Balaban J connectivity index is 0. The Morgan fingerprint density at radius 3 is 1.83 bits per heavy atom. The van der Waals surface area contributed by atoms with Gasteiger partial charge in [-0.1, -0.05) is 0 Å². The van der Waals surface area contributed by atoms with Crippen molar-refractivity contribution in [2.24, 2.45) is 5.84 Å². The van der Waals surface area contributed by atoms with Crippen molar-refractivity contribution in [3.05, 3.63) is 10.1 Å². The Morgan fingerprint density at radius 2 is 1.56 bits per heavy atom. The Kier molecular flexibility index (Phi) is 10.6. The van der Waals surface area contributed by atoms with E-state index in [0.717, 1.165) is 5.01 Å². The van der Waals surface area contributed by atoms with Crippen molar-refractivity contribution >= 4 is 0 Å². The third-order valence-electron chi connectivity index (χ3n) is 1.80. The van der Waals surface area contributed by atoms with Gasteiger partial charge in [0.2, 0.25) is 0 Å². The molecule has 0 heterocycles. The van der Waals surface area contributed by atoms with Crippen molar-refractivity contribution in [2.75, 3.05) is 20.2 Å². The zero-order valence-electron chi connectivity index (χ0n) is 9.70. The van der Waals surface area contributed by atoms with Gasteiger partial charge in [-0.15, -0.1) is 10.1 Å². The van der Waals surface area contributed by atoms with Crippen LogP contribution >= 0.6 is 0 Å². The number of likely N-dealkylation sites (N-methyl/N-ethyl adjacent to an activating group) is 1. The SMILES string of the molecule is CN(N)C[C@H](O)[C@@H](O)[C@H](O)[C@H](O)CO.O=[N+]([O-])O. The molecular formula is C7H19N3O8. The van der Waals surface area contributed by atoms with E-state index < -0.39 is 36.1 Å². The minimum absolute atomic E-state index is 0.0592. The van der Waals surface area contributed by atoms with Crippen molar-refractivity contribution in [2.45, 2.75) is 24.4 Å². The lowest BCUT2D eigenvalue weighted by atomic mass is 10.0. The molecule has 18 heavy (non-hydrogen) atoms. The minimum atomic E-state index is -1.60. The van der Waals surface area contributed by atoms with E-state index in [1.54, 1.807) is 0 Å². The molecule has 8 N–H and O–H groups in total. The summed E-state index contributed by atoms with van der Waals surface area (Å²) in [7, 11) is 1.48. The molecule has 0 aromatic rings. The maximum Gasteiger partial charge on any atom is 0.291 e. The standard InChI is InChI=1S/C7H18N2O5.HNO3/c1-9(8)2-4(11)6(13)7(14)5(12)3-10;2-1(3)4/h4-7,10-14H,2-3,8H2,1H3;(H,2,3,4)/t4-,5+,6+,7+;/m0./s1.